The zero-order chi connectivity index (χ0) is 17.4. The molecule has 0 bridgehead atoms. The average molecular weight is 325 g/mol. The maximum Gasteiger partial charge on any atom is 0.260 e. The second-order valence-electron chi connectivity index (χ2n) is 6.33. The Balaban J connectivity index is 1.78. The largest absolute Gasteiger partial charge is 0.481 e. The fourth-order valence-electron chi connectivity index (χ4n) is 2.60. The Bertz CT molecular complexity index is 637. The number of ether oxygens (including phenoxy) is 1. The lowest BCUT2D eigenvalue weighted by Gasteiger charge is -2.18. The van der Waals surface area contributed by atoms with Gasteiger partial charge in [-0.25, -0.2) is 0 Å². The molecule has 0 radical (unpaired) electrons. The van der Waals surface area contributed by atoms with Crippen LogP contribution in [0.15, 0.2) is 54.6 Å². The van der Waals surface area contributed by atoms with Crippen LogP contribution in [0.3, 0.4) is 0 Å². The molecule has 0 aliphatic carbocycles. The number of benzene rings is 2. The molecule has 1 atom stereocenters. The van der Waals surface area contributed by atoms with Crippen LogP contribution in [-0.2, 0) is 11.2 Å². The first kappa shape index (κ1) is 18.1. The van der Waals surface area contributed by atoms with Crippen molar-refractivity contribution in [1.29, 1.82) is 0 Å². The molecule has 0 saturated heterocycles. The summed E-state index contributed by atoms with van der Waals surface area (Å²) in [6.45, 7) is 6.70. The van der Waals surface area contributed by atoms with E-state index in [1.165, 1.54) is 5.56 Å². The van der Waals surface area contributed by atoms with Crippen molar-refractivity contribution in [3.8, 4) is 5.75 Å². The highest BCUT2D eigenvalue weighted by atomic mass is 16.5. The molecule has 128 valence electrons. The summed E-state index contributed by atoms with van der Waals surface area (Å²) in [4.78, 5) is 12.2. The third kappa shape index (κ3) is 5.41. The molecule has 3 nitrogen and oxygen atoms in total. The van der Waals surface area contributed by atoms with Crippen LogP contribution in [0.25, 0.3) is 0 Å². The second kappa shape index (κ2) is 9.11. The first-order valence-corrected chi connectivity index (χ1v) is 8.65. The van der Waals surface area contributed by atoms with Gasteiger partial charge in [-0.3, -0.25) is 4.79 Å². The van der Waals surface area contributed by atoms with Crippen LogP contribution in [-0.4, -0.2) is 18.6 Å². The molecule has 0 fully saturated rings. The highest BCUT2D eigenvalue weighted by molar-refractivity contribution is 5.80. The third-order valence-corrected chi connectivity index (χ3v) is 4.00. The summed E-state index contributed by atoms with van der Waals surface area (Å²) < 4.78 is 5.87. The van der Waals surface area contributed by atoms with E-state index in [2.05, 4.69) is 31.3 Å². The number of rotatable bonds is 8. The predicted molar refractivity (Wildman–Crippen MR) is 98.4 cm³/mol. The molecule has 0 aliphatic rings. The normalized spacial score (nSPS) is 12.0. The Morgan fingerprint density at radius 1 is 1.00 bits per heavy atom. The van der Waals surface area contributed by atoms with Gasteiger partial charge in [0.25, 0.3) is 5.91 Å². The SMILES string of the molecule is CC(C)c1ccccc1O[C@H](C)C(=O)NCCCc1ccccc1. The van der Waals surface area contributed by atoms with Gasteiger partial charge in [0.15, 0.2) is 6.10 Å². The molecule has 1 N–H and O–H groups in total. The van der Waals surface area contributed by atoms with Crippen molar-refractivity contribution in [3.05, 3.63) is 65.7 Å². The lowest BCUT2D eigenvalue weighted by Crippen LogP contribution is -2.37. The number of hydrogen-bond acceptors (Lipinski definition) is 2. The minimum atomic E-state index is -0.498. The molecule has 2 rings (SSSR count). The van der Waals surface area contributed by atoms with E-state index >= 15 is 0 Å². The van der Waals surface area contributed by atoms with Crippen molar-refractivity contribution in [3.63, 3.8) is 0 Å². The smallest absolute Gasteiger partial charge is 0.260 e. The number of amides is 1. The maximum atomic E-state index is 12.2. The molecule has 24 heavy (non-hydrogen) atoms. The molecule has 1 amide bonds. The average Bonchev–Trinajstić information content (AvgIpc) is 2.59. The van der Waals surface area contributed by atoms with Crippen LogP contribution in [0.4, 0.5) is 0 Å². The van der Waals surface area contributed by atoms with Crippen LogP contribution in [0, 0.1) is 0 Å². The van der Waals surface area contributed by atoms with E-state index in [0.29, 0.717) is 12.5 Å². The molecule has 2 aromatic rings. The van der Waals surface area contributed by atoms with Crippen LogP contribution in [0.2, 0.25) is 0 Å². The summed E-state index contributed by atoms with van der Waals surface area (Å²) in [6, 6.07) is 18.2. The van der Waals surface area contributed by atoms with E-state index in [1.54, 1.807) is 6.92 Å². The number of carbonyl (C=O) groups is 1. The molecule has 0 spiro atoms. The Morgan fingerprint density at radius 2 is 1.67 bits per heavy atom. The van der Waals surface area contributed by atoms with Crippen molar-refractivity contribution in [2.45, 2.75) is 45.6 Å². The molecule has 0 aliphatic heterocycles. The van der Waals surface area contributed by atoms with E-state index in [0.717, 1.165) is 24.2 Å². The highest BCUT2D eigenvalue weighted by Crippen LogP contribution is 2.26. The number of hydrogen-bond donors (Lipinski definition) is 1. The van der Waals surface area contributed by atoms with E-state index in [4.69, 9.17) is 4.74 Å². The standard InChI is InChI=1S/C21H27NO2/c1-16(2)19-13-7-8-14-20(19)24-17(3)21(23)22-15-9-12-18-10-5-4-6-11-18/h4-8,10-11,13-14,16-17H,9,12,15H2,1-3H3,(H,22,23)/t17-/m1/s1. The monoisotopic (exact) mass is 325 g/mol. The van der Waals surface area contributed by atoms with Gasteiger partial charge in [0.1, 0.15) is 5.75 Å². The minimum Gasteiger partial charge on any atom is -0.481 e. The maximum absolute atomic E-state index is 12.2. The molecule has 2 aromatic carbocycles. The van der Waals surface area contributed by atoms with Gasteiger partial charge in [0, 0.05) is 6.54 Å². The van der Waals surface area contributed by atoms with Crippen LogP contribution in [0.5, 0.6) is 5.75 Å². The molecule has 0 unspecified atom stereocenters. The molecular formula is C21H27NO2. The summed E-state index contributed by atoms with van der Waals surface area (Å²) in [5, 5.41) is 2.96. The van der Waals surface area contributed by atoms with Gasteiger partial charge in [-0.2, -0.15) is 0 Å². The van der Waals surface area contributed by atoms with Gasteiger partial charge in [-0.05, 0) is 42.9 Å². The number of para-hydroxylation sites is 1. The summed E-state index contributed by atoms with van der Waals surface area (Å²) >= 11 is 0. The molecule has 3 heteroatoms. The first-order chi connectivity index (χ1) is 11.6. The zero-order valence-electron chi connectivity index (χ0n) is 14.8. The number of aryl methyl sites for hydroxylation is 1. The summed E-state index contributed by atoms with van der Waals surface area (Å²) in [5.41, 5.74) is 2.42. The minimum absolute atomic E-state index is 0.0679. The first-order valence-electron chi connectivity index (χ1n) is 8.65. The Hall–Kier alpha value is -2.29. The molecule has 0 heterocycles. The lowest BCUT2D eigenvalue weighted by molar-refractivity contribution is -0.127. The summed E-state index contributed by atoms with van der Waals surface area (Å²) in [6.07, 6.45) is 1.39. The van der Waals surface area contributed by atoms with Crippen molar-refractivity contribution in [2.75, 3.05) is 6.54 Å². The van der Waals surface area contributed by atoms with Crippen LogP contribution < -0.4 is 10.1 Å². The Morgan fingerprint density at radius 3 is 2.38 bits per heavy atom. The van der Waals surface area contributed by atoms with E-state index in [-0.39, 0.29) is 5.91 Å². The quantitative estimate of drug-likeness (QED) is 0.734. The van der Waals surface area contributed by atoms with Gasteiger partial charge >= 0.3 is 0 Å². The van der Waals surface area contributed by atoms with E-state index in [1.807, 2.05) is 42.5 Å². The Kier molecular flexibility index (Phi) is 6.86. The van der Waals surface area contributed by atoms with Crippen LogP contribution in [0.1, 0.15) is 44.2 Å². The molecule has 0 aromatic heterocycles. The van der Waals surface area contributed by atoms with Crippen molar-refractivity contribution >= 4 is 5.91 Å². The predicted octanol–water partition coefficient (Wildman–Crippen LogP) is 4.33. The van der Waals surface area contributed by atoms with Gasteiger partial charge in [0.2, 0.25) is 0 Å². The third-order valence-electron chi connectivity index (χ3n) is 4.00. The molecular weight excluding hydrogens is 298 g/mol. The van der Waals surface area contributed by atoms with E-state index in [9.17, 15) is 4.79 Å². The van der Waals surface area contributed by atoms with Crippen molar-refractivity contribution in [2.24, 2.45) is 0 Å². The topological polar surface area (TPSA) is 38.3 Å². The van der Waals surface area contributed by atoms with Crippen molar-refractivity contribution in [1.82, 2.24) is 5.32 Å². The molecule has 0 saturated carbocycles. The van der Waals surface area contributed by atoms with Crippen molar-refractivity contribution < 1.29 is 9.53 Å². The summed E-state index contributed by atoms with van der Waals surface area (Å²) in [5.74, 6) is 1.09. The number of carbonyl (C=O) groups excluding carboxylic acids is 1. The lowest BCUT2D eigenvalue weighted by atomic mass is 10.0. The highest BCUT2D eigenvalue weighted by Gasteiger charge is 2.16. The second-order valence-corrected chi connectivity index (χ2v) is 6.33. The van der Waals surface area contributed by atoms with E-state index < -0.39 is 6.10 Å². The Labute approximate surface area is 145 Å². The van der Waals surface area contributed by atoms with Gasteiger partial charge in [-0.1, -0.05) is 62.4 Å². The fourth-order valence-corrected chi connectivity index (χ4v) is 2.60. The summed E-state index contributed by atoms with van der Waals surface area (Å²) in [7, 11) is 0. The zero-order valence-corrected chi connectivity index (χ0v) is 14.8. The number of nitrogens with one attached hydrogen (secondary N) is 1. The van der Waals surface area contributed by atoms with Crippen LogP contribution >= 0.6 is 0 Å². The van der Waals surface area contributed by atoms with Gasteiger partial charge in [-0.15, -0.1) is 0 Å². The van der Waals surface area contributed by atoms with Gasteiger partial charge < -0.3 is 10.1 Å². The van der Waals surface area contributed by atoms with Gasteiger partial charge in [0.05, 0.1) is 0 Å². The fraction of sp³-hybridized carbons (Fsp3) is 0.381.